The van der Waals surface area contributed by atoms with E-state index in [1.165, 1.54) is 0 Å². The topological polar surface area (TPSA) is 44.1 Å². The summed E-state index contributed by atoms with van der Waals surface area (Å²) in [5.74, 6) is -0.671. The van der Waals surface area contributed by atoms with E-state index in [1.807, 2.05) is 6.07 Å². The van der Waals surface area contributed by atoms with E-state index in [4.69, 9.17) is 0 Å². The molecule has 0 unspecified atom stereocenters. The molecular formula is C7H6F3N2O2. The monoisotopic (exact) mass is 207 g/mol. The molecular weight excluding hydrogens is 201 g/mol. The molecule has 0 spiro atoms. The molecule has 1 aromatic rings. The van der Waals surface area contributed by atoms with E-state index < -0.39 is 17.8 Å². The Morgan fingerprint density at radius 1 is 1.71 bits per heavy atom. The molecule has 0 aromatic carbocycles. The summed E-state index contributed by atoms with van der Waals surface area (Å²) in [4.78, 5) is 10.7. The molecule has 77 valence electrons. The fraction of sp³-hybridized carbons (Fsp3) is 0.429. The fourth-order valence-electron chi connectivity index (χ4n) is 0.738. The number of alkyl halides is 3. The zero-order valence-corrected chi connectivity index (χ0v) is 7.13. The smallest absolute Gasteiger partial charge is 0.435 e. The largest absolute Gasteiger partial charge is 0.468 e. The van der Waals surface area contributed by atoms with Gasteiger partial charge >= 0.3 is 12.1 Å². The van der Waals surface area contributed by atoms with Gasteiger partial charge in [-0.05, 0) is 0 Å². The second-order valence-corrected chi connectivity index (χ2v) is 2.39. The Morgan fingerprint density at radius 2 is 2.36 bits per heavy atom. The van der Waals surface area contributed by atoms with Gasteiger partial charge in [-0.3, -0.25) is 9.48 Å². The summed E-state index contributed by atoms with van der Waals surface area (Å²) in [5.41, 5.74) is -1.15. The number of rotatable bonds is 2. The van der Waals surface area contributed by atoms with E-state index in [9.17, 15) is 18.0 Å². The predicted octanol–water partition coefficient (Wildman–Crippen LogP) is 0.875. The summed E-state index contributed by atoms with van der Waals surface area (Å²) in [6.07, 6.45) is -3.60. The minimum atomic E-state index is -4.54. The summed E-state index contributed by atoms with van der Waals surface area (Å²) in [7, 11) is 1.14. The van der Waals surface area contributed by atoms with Gasteiger partial charge < -0.3 is 4.74 Å². The van der Waals surface area contributed by atoms with Crippen molar-refractivity contribution in [2.75, 3.05) is 7.11 Å². The molecule has 0 N–H and O–H groups in total. The van der Waals surface area contributed by atoms with Gasteiger partial charge in [0.2, 0.25) is 0 Å². The minimum Gasteiger partial charge on any atom is -0.468 e. The van der Waals surface area contributed by atoms with E-state index >= 15 is 0 Å². The van der Waals surface area contributed by atoms with Gasteiger partial charge in [-0.25, -0.2) is 0 Å². The van der Waals surface area contributed by atoms with Gasteiger partial charge in [-0.15, -0.1) is 0 Å². The van der Waals surface area contributed by atoms with Crippen molar-refractivity contribution in [1.82, 2.24) is 9.78 Å². The maximum Gasteiger partial charge on any atom is 0.435 e. The second kappa shape index (κ2) is 3.69. The normalized spacial score (nSPS) is 11.4. The molecule has 4 nitrogen and oxygen atoms in total. The third-order valence-electron chi connectivity index (χ3n) is 1.37. The lowest BCUT2D eigenvalue weighted by Crippen LogP contribution is -2.13. The molecule has 0 aliphatic heterocycles. The fourth-order valence-corrected chi connectivity index (χ4v) is 0.738. The van der Waals surface area contributed by atoms with E-state index in [0.717, 1.165) is 18.0 Å². The van der Waals surface area contributed by atoms with Crippen LogP contribution >= 0.6 is 0 Å². The Bertz CT molecular complexity index is 332. The third kappa shape index (κ3) is 2.48. The lowest BCUT2D eigenvalue weighted by Gasteiger charge is -2.01. The van der Waals surface area contributed by atoms with Gasteiger partial charge in [-0.2, -0.15) is 18.3 Å². The zero-order valence-electron chi connectivity index (χ0n) is 7.13. The summed E-state index contributed by atoms with van der Waals surface area (Å²) >= 11 is 0. The van der Waals surface area contributed by atoms with Crippen LogP contribution in [0.4, 0.5) is 13.2 Å². The molecule has 0 saturated heterocycles. The first kappa shape index (κ1) is 10.6. The van der Waals surface area contributed by atoms with Gasteiger partial charge in [0.1, 0.15) is 6.54 Å². The Balaban J connectivity index is 2.74. The molecule has 0 atom stereocenters. The lowest BCUT2D eigenvalue weighted by atomic mass is 10.4. The second-order valence-electron chi connectivity index (χ2n) is 2.39. The van der Waals surface area contributed by atoms with Gasteiger partial charge in [0.15, 0.2) is 5.69 Å². The molecule has 7 heteroatoms. The van der Waals surface area contributed by atoms with Crippen LogP contribution in [0.2, 0.25) is 0 Å². The predicted molar refractivity (Wildman–Crippen MR) is 38.1 cm³/mol. The van der Waals surface area contributed by atoms with Crippen molar-refractivity contribution in [3.05, 3.63) is 18.0 Å². The third-order valence-corrected chi connectivity index (χ3v) is 1.37. The maximum atomic E-state index is 12.0. The van der Waals surface area contributed by atoms with Crippen LogP contribution < -0.4 is 0 Å². The van der Waals surface area contributed by atoms with E-state index in [2.05, 4.69) is 9.84 Å². The Hall–Kier alpha value is -1.53. The average molecular weight is 207 g/mol. The summed E-state index contributed by atoms with van der Waals surface area (Å²) < 4.78 is 41.1. The summed E-state index contributed by atoms with van der Waals surface area (Å²) in [5, 5.41) is 3.10. The highest BCUT2D eigenvalue weighted by Gasteiger charge is 2.34. The highest BCUT2D eigenvalue weighted by Crippen LogP contribution is 2.26. The van der Waals surface area contributed by atoms with Crippen LogP contribution in [0, 0.1) is 6.07 Å². The number of hydrogen-bond donors (Lipinski definition) is 0. The highest BCUT2D eigenvalue weighted by molar-refractivity contribution is 5.68. The van der Waals surface area contributed by atoms with Crippen LogP contribution in [0.5, 0.6) is 0 Å². The van der Waals surface area contributed by atoms with Crippen molar-refractivity contribution in [2.45, 2.75) is 12.7 Å². The van der Waals surface area contributed by atoms with Crippen LogP contribution in [0.15, 0.2) is 6.20 Å². The van der Waals surface area contributed by atoms with Crippen molar-refractivity contribution in [3.8, 4) is 0 Å². The number of nitrogens with zero attached hydrogens (tertiary/aromatic N) is 2. The number of aromatic nitrogens is 2. The zero-order chi connectivity index (χ0) is 10.8. The van der Waals surface area contributed by atoms with Crippen LogP contribution in [0.25, 0.3) is 0 Å². The van der Waals surface area contributed by atoms with Crippen molar-refractivity contribution in [3.63, 3.8) is 0 Å². The molecule has 0 aliphatic carbocycles. The van der Waals surface area contributed by atoms with Crippen molar-refractivity contribution >= 4 is 5.97 Å². The molecule has 1 radical (unpaired) electrons. The Labute approximate surface area is 77.3 Å². The van der Waals surface area contributed by atoms with Crippen LogP contribution in [-0.4, -0.2) is 22.9 Å². The first-order valence-electron chi connectivity index (χ1n) is 3.52. The average Bonchev–Trinajstić information content (AvgIpc) is 2.51. The number of ether oxygens (including phenoxy) is 1. The van der Waals surface area contributed by atoms with Crippen molar-refractivity contribution in [2.24, 2.45) is 0 Å². The number of carbonyl (C=O) groups is 1. The van der Waals surface area contributed by atoms with E-state index in [0.29, 0.717) is 0 Å². The molecule has 0 amide bonds. The van der Waals surface area contributed by atoms with E-state index in [-0.39, 0.29) is 6.54 Å². The molecule has 0 fully saturated rings. The Kier molecular flexibility index (Phi) is 2.78. The van der Waals surface area contributed by atoms with Crippen LogP contribution in [0.1, 0.15) is 5.69 Å². The molecule has 0 aliphatic rings. The number of esters is 1. The number of halogens is 3. The number of methoxy groups -OCH3 is 1. The Morgan fingerprint density at radius 3 is 2.79 bits per heavy atom. The highest BCUT2D eigenvalue weighted by atomic mass is 19.4. The standard InChI is InChI=1S/C7H6F3N2O2/c1-14-6(13)4-12-3-2-5(11-12)7(8,9)10/h3H,4H2,1H3. The maximum absolute atomic E-state index is 12.0. The van der Waals surface area contributed by atoms with Crippen molar-refractivity contribution < 1.29 is 22.7 Å². The van der Waals surface area contributed by atoms with Gasteiger partial charge in [0, 0.05) is 12.3 Å². The summed E-state index contributed by atoms with van der Waals surface area (Å²) in [6.45, 7) is -0.358. The van der Waals surface area contributed by atoms with Crippen LogP contribution in [-0.2, 0) is 22.3 Å². The van der Waals surface area contributed by atoms with Gasteiger partial charge in [0.05, 0.1) is 7.11 Å². The molecule has 0 saturated carbocycles. The molecule has 1 aromatic heterocycles. The van der Waals surface area contributed by atoms with E-state index in [1.54, 1.807) is 0 Å². The van der Waals surface area contributed by atoms with Crippen LogP contribution in [0.3, 0.4) is 0 Å². The van der Waals surface area contributed by atoms with Crippen molar-refractivity contribution in [1.29, 1.82) is 0 Å². The minimum absolute atomic E-state index is 0.358. The first-order chi connectivity index (χ1) is 6.43. The van der Waals surface area contributed by atoms with Gasteiger partial charge in [-0.1, -0.05) is 0 Å². The summed E-state index contributed by atoms with van der Waals surface area (Å²) in [6, 6.07) is 1.89. The molecule has 1 rings (SSSR count). The molecule has 14 heavy (non-hydrogen) atoms. The molecule has 1 heterocycles. The number of carbonyl (C=O) groups excluding carboxylic acids is 1. The van der Waals surface area contributed by atoms with Gasteiger partial charge in [0.25, 0.3) is 0 Å². The lowest BCUT2D eigenvalue weighted by molar-refractivity contribution is -0.144. The SMILES string of the molecule is COC(=O)Cn1c[c]c(C(F)(F)F)n1. The number of hydrogen-bond acceptors (Lipinski definition) is 3. The molecule has 0 bridgehead atoms. The first-order valence-corrected chi connectivity index (χ1v) is 3.52. The quantitative estimate of drug-likeness (QED) is 0.676.